The van der Waals surface area contributed by atoms with Crippen LogP contribution in [0, 0.1) is 0 Å². The summed E-state index contributed by atoms with van der Waals surface area (Å²) in [7, 11) is -3.27. The number of amides is 4. The first-order valence-corrected chi connectivity index (χ1v) is 13.1. The molecule has 0 spiro atoms. The fourth-order valence-electron chi connectivity index (χ4n) is 4.73. The van der Waals surface area contributed by atoms with Crippen LogP contribution in [-0.4, -0.2) is 68.5 Å². The molecule has 10 nitrogen and oxygen atoms in total. The molecule has 2 aromatic carbocycles. The van der Waals surface area contributed by atoms with Crippen molar-refractivity contribution < 1.29 is 32.3 Å². The second-order valence-corrected chi connectivity index (χ2v) is 11.2. The molecule has 3 heterocycles. The van der Waals surface area contributed by atoms with Gasteiger partial charge in [0, 0.05) is 5.69 Å². The molecule has 2 fully saturated rings. The van der Waals surface area contributed by atoms with Gasteiger partial charge in [-0.05, 0) is 43.2 Å². The lowest BCUT2D eigenvalue weighted by Crippen LogP contribution is -2.48. The molecule has 2 saturated heterocycles. The summed E-state index contributed by atoms with van der Waals surface area (Å²) in [6.07, 6.45) is 0.290. The summed E-state index contributed by atoms with van der Waals surface area (Å²) in [4.78, 5) is 42.0. The van der Waals surface area contributed by atoms with Crippen molar-refractivity contribution in [3.8, 4) is 11.5 Å². The first kappa shape index (κ1) is 23.2. The highest BCUT2D eigenvalue weighted by Gasteiger charge is 2.50. The Labute approximate surface area is 202 Å². The van der Waals surface area contributed by atoms with Gasteiger partial charge < -0.3 is 19.7 Å². The molecule has 3 aliphatic rings. The van der Waals surface area contributed by atoms with Crippen molar-refractivity contribution in [1.29, 1.82) is 0 Å². The molecule has 35 heavy (non-hydrogen) atoms. The number of para-hydroxylation sites is 1. The van der Waals surface area contributed by atoms with Gasteiger partial charge in [-0.15, -0.1) is 0 Å². The van der Waals surface area contributed by atoms with E-state index in [0.29, 0.717) is 36.0 Å². The molecular formula is C24H25N3O7S. The Morgan fingerprint density at radius 1 is 1.11 bits per heavy atom. The van der Waals surface area contributed by atoms with E-state index in [1.54, 1.807) is 55.5 Å². The minimum Gasteiger partial charge on any atom is -0.486 e. The van der Waals surface area contributed by atoms with Crippen LogP contribution in [0.2, 0.25) is 0 Å². The van der Waals surface area contributed by atoms with Gasteiger partial charge in [-0.25, -0.2) is 13.2 Å². The Morgan fingerprint density at radius 2 is 1.83 bits per heavy atom. The highest BCUT2D eigenvalue weighted by Crippen LogP contribution is 2.37. The Kier molecular flexibility index (Phi) is 5.66. The van der Waals surface area contributed by atoms with Crippen LogP contribution in [0.4, 0.5) is 10.5 Å². The number of urea groups is 1. The number of hydrogen-bond acceptors (Lipinski definition) is 7. The fraction of sp³-hybridized carbons (Fsp3) is 0.375. The number of imide groups is 1. The van der Waals surface area contributed by atoms with Crippen LogP contribution < -0.4 is 19.7 Å². The van der Waals surface area contributed by atoms with Gasteiger partial charge in [-0.1, -0.05) is 24.3 Å². The lowest BCUT2D eigenvalue weighted by atomic mass is 9.91. The largest absolute Gasteiger partial charge is 0.486 e. The van der Waals surface area contributed by atoms with Gasteiger partial charge in [0.25, 0.3) is 5.91 Å². The van der Waals surface area contributed by atoms with Crippen molar-refractivity contribution >= 4 is 33.4 Å². The number of nitrogens with one attached hydrogen (secondary N) is 1. The van der Waals surface area contributed by atoms with Crippen LogP contribution in [0.25, 0.3) is 0 Å². The van der Waals surface area contributed by atoms with Crippen LogP contribution in [0.5, 0.6) is 11.5 Å². The van der Waals surface area contributed by atoms with E-state index in [-0.39, 0.29) is 17.9 Å². The smallest absolute Gasteiger partial charge is 0.325 e. The van der Waals surface area contributed by atoms with Crippen LogP contribution in [-0.2, 0) is 25.0 Å². The van der Waals surface area contributed by atoms with Crippen molar-refractivity contribution in [3.05, 3.63) is 54.1 Å². The summed E-state index contributed by atoms with van der Waals surface area (Å²) in [5.74, 6) is -0.267. The maximum absolute atomic E-state index is 13.4. The molecule has 2 aromatic rings. The number of hydrogen-bond donors (Lipinski definition) is 1. The minimum atomic E-state index is -3.27. The summed E-state index contributed by atoms with van der Waals surface area (Å²) < 4.78 is 35.3. The summed E-state index contributed by atoms with van der Waals surface area (Å²) in [6, 6.07) is 12.4. The number of nitrogens with zero attached hydrogens (tertiary/aromatic N) is 2. The average Bonchev–Trinajstić information content (AvgIpc) is 3.30. The average molecular weight is 500 g/mol. The van der Waals surface area contributed by atoms with Crippen LogP contribution >= 0.6 is 0 Å². The lowest BCUT2D eigenvalue weighted by molar-refractivity contribution is -0.134. The van der Waals surface area contributed by atoms with E-state index in [9.17, 15) is 22.8 Å². The number of fused-ring (bicyclic) bond motifs is 1. The van der Waals surface area contributed by atoms with Gasteiger partial charge in [-0.2, -0.15) is 0 Å². The number of rotatable bonds is 5. The topological polar surface area (TPSA) is 122 Å². The molecule has 5 rings (SSSR count). The van der Waals surface area contributed by atoms with Crippen LogP contribution in [0.15, 0.2) is 48.5 Å². The van der Waals surface area contributed by atoms with Crippen molar-refractivity contribution in [2.24, 2.45) is 0 Å². The fourth-order valence-corrected chi connectivity index (χ4v) is 6.43. The maximum atomic E-state index is 13.4. The number of ether oxygens (including phenoxy) is 2. The van der Waals surface area contributed by atoms with Gasteiger partial charge in [0.15, 0.2) is 21.3 Å². The zero-order chi connectivity index (χ0) is 24.8. The summed E-state index contributed by atoms with van der Waals surface area (Å²) in [6.45, 7) is 1.85. The molecule has 0 bridgehead atoms. The van der Waals surface area contributed by atoms with Crippen molar-refractivity contribution in [2.75, 3.05) is 36.2 Å². The predicted molar refractivity (Wildman–Crippen MR) is 126 cm³/mol. The number of sulfone groups is 1. The zero-order valence-corrected chi connectivity index (χ0v) is 19.9. The summed E-state index contributed by atoms with van der Waals surface area (Å²) >= 11 is 0. The van der Waals surface area contributed by atoms with Crippen LogP contribution in [0.3, 0.4) is 0 Å². The number of anilines is 1. The Balaban J connectivity index is 1.40. The molecule has 184 valence electrons. The van der Waals surface area contributed by atoms with E-state index in [1.807, 2.05) is 0 Å². The highest BCUT2D eigenvalue weighted by atomic mass is 32.2. The Morgan fingerprint density at radius 3 is 2.51 bits per heavy atom. The Bertz CT molecular complexity index is 1300. The van der Waals surface area contributed by atoms with Crippen molar-refractivity contribution in [1.82, 2.24) is 10.2 Å². The number of benzene rings is 2. The molecule has 0 unspecified atom stereocenters. The molecule has 0 radical (unpaired) electrons. The van der Waals surface area contributed by atoms with Crippen molar-refractivity contribution in [2.45, 2.75) is 24.9 Å². The van der Waals surface area contributed by atoms with Gasteiger partial charge in [0.2, 0.25) is 5.91 Å². The van der Waals surface area contributed by atoms with Gasteiger partial charge in [0.05, 0.1) is 17.5 Å². The number of carbonyl (C=O) groups is 3. The molecule has 0 saturated carbocycles. The monoisotopic (exact) mass is 499 g/mol. The SMILES string of the molecule is C[C@@]1(c2ccc3c(c2)OCCO3)NC(=O)N(CC(=O)N(c2ccccc2)[C@H]2CCS(=O)(=O)C2)C1=O. The molecule has 11 heteroatoms. The second-order valence-electron chi connectivity index (χ2n) is 8.96. The molecule has 0 aliphatic carbocycles. The molecule has 1 N–H and O–H groups in total. The van der Waals surface area contributed by atoms with E-state index in [0.717, 1.165) is 4.90 Å². The minimum absolute atomic E-state index is 0.0143. The van der Waals surface area contributed by atoms with Gasteiger partial charge >= 0.3 is 6.03 Å². The first-order valence-electron chi connectivity index (χ1n) is 11.3. The van der Waals surface area contributed by atoms with Crippen molar-refractivity contribution in [3.63, 3.8) is 0 Å². The first-order chi connectivity index (χ1) is 16.7. The van der Waals surface area contributed by atoms with E-state index in [2.05, 4.69) is 5.32 Å². The molecular weight excluding hydrogens is 474 g/mol. The third-order valence-electron chi connectivity index (χ3n) is 6.56. The molecule has 2 atom stereocenters. The van der Waals surface area contributed by atoms with E-state index < -0.39 is 45.8 Å². The van der Waals surface area contributed by atoms with Gasteiger partial charge in [0.1, 0.15) is 25.3 Å². The third-order valence-corrected chi connectivity index (χ3v) is 8.31. The van der Waals surface area contributed by atoms with E-state index in [1.165, 1.54) is 4.90 Å². The third kappa shape index (κ3) is 4.20. The normalized spacial score (nSPS) is 24.8. The quantitative estimate of drug-likeness (QED) is 0.618. The standard InChI is InChI=1S/C24H25N3O7S/c1-24(16-7-8-19-20(13-16)34-11-10-33-19)22(29)26(23(30)25-24)14-21(28)27(17-5-3-2-4-6-17)18-9-12-35(31,32)15-18/h2-8,13,18H,9-12,14-15H2,1H3,(H,25,30)/t18-,24-/m0/s1. The highest BCUT2D eigenvalue weighted by molar-refractivity contribution is 7.91. The second kappa shape index (κ2) is 8.56. The van der Waals surface area contributed by atoms with E-state index >= 15 is 0 Å². The lowest BCUT2D eigenvalue weighted by Gasteiger charge is -2.30. The molecule has 3 aliphatic heterocycles. The Hall–Kier alpha value is -3.60. The zero-order valence-electron chi connectivity index (χ0n) is 19.1. The van der Waals surface area contributed by atoms with E-state index in [4.69, 9.17) is 9.47 Å². The molecule has 0 aromatic heterocycles. The number of carbonyl (C=O) groups excluding carboxylic acids is 3. The van der Waals surface area contributed by atoms with Gasteiger partial charge in [-0.3, -0.25) is 14.5 Å². The predicted octanol–water partition coefficient (Wildman–Crippen LogP) is 1.45. The molecule has 4 amide bonds. The van der Waals surface area contributed by atoms with Crippen LogP contribution in [0.1, 0.15) is 18.9 Å². The maximum Gasteiger partial charge on any atom is 0.325 e. The summed E-state index contributed by atoms with van der Waals surface area (Å²) in [5, 5.41) is 2.69. The summed E-state index contributed by atoms with van der Waals surface area (Å²) in [5.41, 5.74) is -0.389.